The van der Waals surface area contributed by atoms with E-state index in [1.54, 1.807) is 39.0 Å². The number of hydrogen-bond acceptors (Lipinski definition) is 8. The Hall–Kier alpha value is -4.67. The minimum absolute atomic E-state index is 0.333. The highest BCUT2D eigenvalue weighted by Gasteiger charge is 2.26. The van der Waals surface area contributed by atoms with Crippen molar-refractivity contribution in [3.63, 3.8) is 0 Å². The van der Waals surface area contributed by atoms with Crippen molar-refractivity contribution < 1.29 is 9.53 Å². The molecule has 188 valence electrons. The molecule has 0 saturated heterocycles. The van der Waals surface area contributed by atoms with Crippen LogP contribution in [0, 0.1) is 0 Å². The molecule has 0 unspecified atom stereocenters. The Morgan fingerprint density at radius 2 is 1.86 bits per heavy atom. The van der Waals surface area contributed by atoms with Crippen LogP contribution in [0.3, 0.4) is 0 Å². The molecule has 0 bridgehead atoms. The molecule has 6 rings (SSSR count). The standard InChI is InChI=1S/C26H26N8O3/c1-26(2,3)37-25(36)34-20-11-10-15(12-17(20)23(35)33-34)27-24-28-18-7-5-4-6-16(18)22(30-24)29-21-13-19(31-32-21)14-8-9-14/h4-7,10-14H,8-9H2,1-3H3,(H,33,35)(H3,27,28,29,30,31,32). The van der Waals surface area contributed by atoms with E-state index >= 15 is 0 Å². The van der Waals surface area contributed by atoms with Crippen LogP contribution < -0.4 is 16.2 Å². The normalized spacial score (nSPS) is 13.7. The van der Waals surface area contributed by atoms with Crippen molar-refractivity contribution in [3.8, 4) is 0 Å². The van der Waals surface area contributed by atoms with E-state index in [-0.39, 0.29) is 0 Å². The predicted molar refractivity (Wildman–Crippen MR) is 141 cm³/mol. The molecule has 0 aliphatic heterocycles. The Morgan fingerprint density at radius 1 is 1.05 bits per heavy atom. The number of carbonyl (C=O) groups excluding carboxylic acids is 1. The van der Waals surface area contributed by atoms with Gasteiger partial charge in [0.1, 0.15) is 11.4 Å². The average molecular weight is 499 g/mol. The first-order chi connectivity index (χ1) is 17.7. The number of benzene rings is 2. The summed E-state index contributed by atoms with van der Waals surface area (Å²) in [5, 5.41) is 17.7. The molecule has 0 spiro atoms. The lowest BCUT2D eigenvalue weighted by Crippen LogP contribution is -2.28. The van der Waals surface area contributed by atoms with Crippen molar-refractivity contribution in [3.05, 3.63) is 64.6 Å². The van der Waals surface area contributed by atoms with Gasteiger partial charge < -0.3 is 15.4 Å². The summed E-state index contributed by atoms with van der Waals surface area (Å²) in [6.45, 7) is 5.30. The van der Waals surface area contributed by atoms with E-state index in [4.69, 9.17) is 4.74 Å². The molecule has 1 aliphatic carbocycles. The summed E-state index contributed by atoms with van der Waals surface area (Å²) in [5.41, 5.74) is 1.77. The molecule has 3 heterocycles. The molecule has 37 heavy (non-hydrogen) atoms. The molecule has 3 aromatic heterocycles. The summed E-state index contributed by atoms with van der Waals surface area (Å²) >= 11 is 0. The van der Waals surface area contributed by atoms with Gasteiger partial charge in [0.05, 0.1) is 16.4 Å². The Labute approximate surface area is 211 Å². The van der Waals surface area contributed by atoms with Crippen molar-refractivity contribution >= 4 is 51.2 Å². The fraction of sp³-hybridized carbons (Fsp3) is 0.269. The van der Waals surface area contributed by atoms with Gasteiger partial charge in [0, 0.05) is 28.8 Å². The van der Waals surface area contributed by atoms with Gasteiger partial charge in [-0.15, -0.1) is 0 Å². The first-order valence-corrected chi connectivity index (χ1v) is 12.1. The number of para-hydroxylation sites is 1. The number of rotatable bonds is 5. The fourth-order valence-electron chi connectivity index (χ4n) is 4.15. The van der Waals surface area contributed by atoms with Crippen molar-refractivity contribution in [1.82, 2.24) is 29.9 Å². The van der Waals surface area contributed by atoms with Gasteiger partial charge in [0.15, 0.2) is 5.82 Å². The lowest BCUT2D eigenvalue weighted by atomic mass is 10.2. The summed E-state index contributed by atoms with van der Waals surface area (Å²) in [5.74, 6) is 2.21. The Balaban J connectivity index is 1.32. The molecule has 0 atom stereocenters. The third-order valence-electron chi connectivity index (χ3n) is 5.99. The van der Waals surface area contributed by atoms with Crippen molar-refractivity contribution in [1.29, 1.82) is 0 Å². The van der Waals surface area contributed by atoms with E-state index in [0.29, 0.717) is 40.1 Å². The van der Waals surface area contributed by atoms with Crippen molar-refractivity contribution in [2.45, 2.75) is 45.1 Å². The molecule has 1 saturated carbocycles. The zero-order valence-electron chi connectivity index (χ0n) is 20.6. The summed E-state index contributed by atoms with van der Waals surface area (Å²) in [6, 6.07) is 14.8. The van der Waals surface area contributed by atoms with Crippen LogP contribution in [-0.4, -0.2) is 41.6 Å². The van der Waals surface area contributed by atoms with E-state index in [1.807, 2.05) is 30.3 Å². The van der Waals surface area contributed by atoms with E-state index in [2.05, 4.69) is 35.9 Å². The quantitative estimate of drug-likeness (QED) is 0.261. The van der Waals surface area contributed by atoms with Gasteiger partial charge in [0.2, 0.25) is 5.95 Å². The molecule has 0 amide bonds. The zero-order chi connectivity index (χ0) is 25.7. The number of H-pyrrole nitrogens is 2. The SMILES string of the molecule is CC(C)(C)OC(=O)n1[nH]c(=O)c2cc(Nc3nc(Nc4cc(C5CC5)[nH]n4)c4ccccc4n3)ccc21. The topological polar surface area (TPSA) is 143 Å². The van der Waals surface area contributed by atoms with Crippen LogP contribution in [0.4, 0.5) is 28.1 Å². The Morgan fingerprint density at radius 3 is 2.65 bits per heavy atom. The van der Waals surface area contributed by atoms with Gasteiger partial charge in [-0.2, -0.15) is 14.8 Å². The van der Waals surface area contributed by atoms with Crippen LogP contribution in [0.25, 0.3) is 21.8 Å². The number of ether oxygens (including phenoxy) is 1. The number of nitrogens with one attached hydrogen (secondary N) is 4. The van der Waals surface area contributed by atoms with Gasteiger partial charge in [-0.1, -0.05) is 12.1 Å². The van der Waals surface area contributed by atoms with Crippen molar-refractivity contribution in [2.75, 3.05) is 10.6 Å². The smallest absolute Gasteiger partial charge is 0.434 e. The Bertz CT molecular complexity index is 1700. The average Bonchev–Trinajstić information content (AvgIpc) is 3.51. The third-order valence-corrected chi connectivity index (χ3v) is 5.99. The number of hydrogen-bond donors (Lipinski definition) is 4. The maximum Gasteiger partial charge on any atom is 0.434 e. The third kappa shape index (κ3) is 4.63. The van der Waals surface area contributed by atoms with Crippen LogP contribution in [0.1, 0.15) is 45.2 Å². The van der Waals surface area contributed by atoms with E-state index in [0.717, 1.165) is 21.3 Å². The molecule has 1 fully saturated rings. The monoisotopic (exact) mass is 498 g/mol. The van der Waals surface area contributed by atoms with Crippen LogP contribution in [-0.2, 0) is 4.74 Å². The summed E-state index contributed by atoms with van der Waals surface area (Å²) in [7, 11) is 0. The maximum absolute atomic E-state index is 12.6. The number of aromatic amines is 2. The van der Waals surface area contributed by atoms with E-state index < -0.39 is 17.3 Å². The molecule has 1 aliphatic rings. The highest BCUT2D eigenvalue weighted by molar-refractivity contribution is 5.92. The van der Waals surface area contributed by atoms with Crippen LogP contribution in [0.5, 0.6) is 0 Å². The predicted octanol–water partition coefficient (Wildman–Crippen LogP) is 5.14. The van der Waals surface area contributed by atoms with Gasteiger partial charge in [0.25, 0.3) is 5.56 Å². The molecule has 5 aromatic rings. The van der Waals surface area contributed by atoms with Crippen molar-refractivity contribution in [2.24, 2.45) is 0 Å². The van der Waals surface area contributed by atoms with Gasteiger partial charge >= 0.3 is 6.09 Å². The highest BCUT2D eigenvalue weighted by atomic mass is 16.6. The highest BCUT2D eigenvalue weighted by Crippen LogP contribution is 2.40. The minimum Gasteiger partial charge on any atom is -0.442 e. The van der Waals surface area contributed by atoms with Gasteiger partial charge in [-0.05, 0) is 63.9 Å². The fourth-order valence-corrected chi connectivity index (χ4v) is 4.15. The molecule has 4 N–H and O–H groups in total. The summed E-state index contributed by atoms with van der Waals surface area (Å²) < 4.78 is 6.51. The largest absolute Gasteiger partial charge is 0.442 e. The van der Waals surface area contributed by atoms with Gasteiger partial charge in [-0.25, -0.2) is 9.78 Å². The first kappa shape index (κ1) is 22.8. The van der Waals surface area contributed by atoms with E-state index in [1.165, 1.54) is 12.8 Å². The molecular formula is C26H26N8O3. The molecule has 0 radical (unpaired) electrons. The lowest BCUT2D eigenvalue weighted by molar-refractivity contribution is 0.0522. The zero-order valence-corrected chi connectivity index (χ0v) is 20.6. The molecule has 11 nitrogen and oxygen atoms in total. The second kappa shape index (κ2) is 8.47. The second-order valence-electron chi connectivity index (χ2n) is 10.1. The maximum atomic E-state index is 12.6. The Kier molecular flexibility index (Phi) is 5.21. The number of carbonyl (C=O) groups is 1. The molecular weight excluding hydrogens is 472 g/mol. The summed E-state index contributed by atoms with van der Waals surface area (Å²) in [4.78, 5) is 34.5. The number of aromatic nitrogens is 6. The molecule has 11 heteroatoms. The number of anilines is 4. The van der Waals surface area contributed by atoms with E-state index in [9.17, 15) is 9.59 Å². The van der Waals surface area contributed by atoms with Gasteiger partial charge in [-0.3, -0.25) is 15.0 Å². The van der Waals surface area contributed by atoms with Crippen LogP contribution in [0.2, 0.25) is 0 Å². The minimum atomic E-state index is -0.694. The van der Waals surface area contributed by atoms with Crippen LogP contribution in [0.15, 0.2) is 53.3 Å². The molecule has 2 aromatic carbocycles. The van der Waals surface area contributed by atoms with Crippen LogP contribution >= 0.6 is 0 Å². The number of fused-ring (bicyclic) bond motifs is 2. The second-order valence-corrected chi connectivity index (χ2v) is 10.1. The number of nitrogens with zero attached hydrogens (tertiary/aromatic N) is 4. The first-order valence-electron chi connectivity index (χ1n) is 12.1. The lowest BCUT2D eigenvalue weighted by Gasteiger charge is -2.19. The summed E-state index contributed by atoms with van der Waals surface area (Å²) in [6.07, 6.45) is 1.71.